The molecule has 47 heavy (non-hydrogen) atoms. The third-order valence-corrected chi connectivity index (χ3v) is 8.43. The summed E-state index contributed by atoms with van der Waals surface area (Å²) >= 11 is 0. The first-order chi connectivity index (χ1) is 22.7. The largest absolute Gasteiger partial charge is 0.497 e. The molecular formula is C41H66N2O4. The topological polar surface area (TPSA) is 84.2 Å². The molecule has 2 heterocycles. The molecule has 0 aliphatic carbocycles. The van der Waals surface area contributed by atoms with E-state index in [0.29, 0.717) is 24.2 Å². The molecule has 2 N–H and O–H groups in total. The Morgan fingerprint density at radius 1 is 1.00 bits per heavy atom. The van der Waals surface area contributed by atoms with Gasteiger partial charge in [0.05, 0.1) is 25.2 Å². The van der Waals surface area contributed by atoms with Crippen LogP contribution in [0.2, 0.25) is 0 Å². The number of ether oxygens (including phenoxy) is 2. The number of Topliss-reactive ketones (excluding diaryl/α,β-unsaturated/α-hetero) is 1. The number of nitrogens with one attached hydrogen (secondary N) is 2. The number of benzene rings is 1. The highest BCUT2D eigenvalue weighted by molar-refractivity contribution is 6.02. The van der Waals surface area contributed by atoms with Crippen molar-refractivity contribution in [3.8, 4) is 11.5 Å². The number of unbranched alkanes of at least 4 members (excludes halogenated alkanes) is 3. The summed E-state index contributed by atoms with van der Waals surface area (Å²) in [4.78, 5) is 26.3. The second kappa shape index (κ2) is 24.6. The summed E-state index contributed by atoms with van der Waals surface area (Å²) in [7, 11) is 1.63. The lowest BCUT2D eigenvalue weighted by atomic mass is 9.81. The molecule has 3 unspecified atom stereocenters. The molecule has 2 aromatic rings. The summed E-state index contributed by atoms with van der Waals surface area (Å²) in [6, 6.07) is 5.70. The molecule has 0 spiro atoms. The number of hydrogen-bond donors (Lipinski definition) is 2. The van der Waals surface area contributed by atoms with E-state index >= 15 is 0 Å². The fourth-order valence-electron chi connectivity index (χ4n) is 5.13. The highest BCUT2D eigenvalue weighted by atomic mass is 16.5. The van der Waals surface area contributed by atoms with Gasteiger partial charge in [0, 0.05) is 11.8 Å². The summed E-state index contributed by atoms with van der Waals surface area (Å²) in [5, 5.41) is 5.43. The lowest BCUT2D eigenvalue weighted by molar-refractivity contribution is -0.120. The highest BCUT2D eigenvalue weighted by Gasteiger charge is 2.30. The van der Waals surface area contributed by atoms with Gasteiger partial charge in [-0.3, -0.25) is 14.7 Å². The molecule has 0 saturated heterocycles. The van der Waals surface area contributed by atoms with E-state index in [9.17, 15) is 9.59 Å². The number of aromatic nitrogens is 2. The minimum absolute atomic E-state index is 0.0321. The van der Waals surface area contributed by atoms with Gasteiger partial charge in [-0.2, -0.15) is 0 Å². The van der Waals surface area contributed by atoms with Crippen molar-refractivity contribution >= 4 is 11.4 Å². The number of carbonyl (C=O) groups excluding carboxylic acids is 1. The molecule has 3 atom stereocenters. The van der Waals surface area contributed by atoms with Crippen LogP contribution in [0.4, 0.5) is 0 Å². The minimum Gasteiger partial charge on any atom is -0.497 e. The van der Waals surface area contributed by atoms with E-state index in [4.69, 9.17) is 9.47 Å². The number of rotatable bonds is 14. The van der Waals surface area contributed by atoms with Gasteiger partial charge in [0.25, 0.3) is 5.56 Å². The van der Waals surface area contributed by atoms with Gasteiger partial charge in [0.15, 0.2) is 5.78 Å². The molecule has 0 bridgehead atoms. The van der Waals surface area contributed by atoms with Crippen LogP contribution in [0.5, 0.6) is 11.5 Å². The zero-order chi connectivity index (χ0) is 35.9. The lowest BCUT2D eigenvalue weighted by Crippen LogP contribution is -2.30. The summed E-state index contributed by atoms with van der Waals surface area (Å²) in [5.74, 6) is 1.61. The summed E-state index contributed by atoms with van der Waals surface area (Å²) < 4.78 is 11.3. The second-order valence-corrected chi connectivity index (χ2v) is 11.5. The molecule has 1 aliphatic heterocycles. The maximum atomic E-state index is 13.9. The summed E-state index contributed by atoms with van der Waals surface area (Å²) in [5.41, 5.74) is 4.70. The molecule has 0 saturated carbocycles. The van der Waals surface area contributed by atoms with E-state index in [1.165, 1.54) is 25.7 Å². The average Bonchev–Trinajstić information content (AvgIpc) is 3.55. The van der Waals surface area contributed by atoms with Crippen molar-refractivity contribution in [2.75, 3.05) is 13.7 Å². The fourth-order valence-corrected chi connectivity index (χ4v) is 5.13. The Bertz CT molecular complexity index is 1340. The van der Waals surface area contributed by atoms with Crippen LogP contribution >= 0.6 is 0 Å². The van der Waals surface area contributed by atoms with E-state index in [1.807, 2.05) is 71.0 Å². The standard InChI is InChI=1S/C31H40N2O4.C6H14.2C2H6/c1-8-19(4)21(6)27(13-12-26(20(5)9-2)28-17-32-33-31(28)35)25(10-3)30(34)23-15-22-16-24(36-7)11-14-29(22)37-18-23;1-3-5-6-4-2;2*1-2/h10-14,16-17,19-20,23H,6,8-9,15,18H2,1-5,7H3,(H2,32,33,35);3-6H2,1-2H3;2*1-2H3/b25-10+,26-12+,27-13+;;;. The molecule has 6 nitrogen and oxygen atoms in total. The van der Waals surface area contributed by atoms with Gasteiger partial charge in [-0.15, -0.1) is 0 Å². The van der Waals surface area contributed by atoms with E-state index in [0.717, 1.165) is 46.6 Å². The maximum absolute atomic E-state index is 13.9. The molecule has 3 rings (SSSR count). The van der Waals surface area contributed by atoms with Gasteiger partial charge in [-0.25, -0.2) is 0 Å². The molecule has 1 aromatic carbocycles. The third-order valence-electron chi connectivity index (χ3n) is 8.43. The van der Waals surface area contributed by atoms with Crippen molar-refractivity contribution in [1.29, 1.82) is 0 Å². The van der Waals surface area contributed by atoms with Crippen LogP contribution in [-0.4, -0.2) is 29.7 Å². The van der Waals surface area contributed by atoms with Crippen LogP contribution in [-0.2, 0) is 11.2 Å². The Balaban J connectivity index is 0.00000187. The normalized spacial score (nSPS) is 15.6. The molecule has 0 radical (unpaired) electrons. The summed E-state index contributed by atoms with van der Waals surface area (Å²) in [6.45, 7) is 27.5. The van der Waals surface area contributed by atoms with E-state index < -0.39 is 0 Å². The molecule has 1 aliphatic rings. The van der Waals surface area contributed by atoms with Gasteiger partial charge in [-0.05, 0) is 78.5 Å². The number of carbonyl (C=O) groups is 1. The van der Waals surface area contributed by atoms with Gasteiger partial charge in [0.1, 0.15) is 11.5 Å². The van der Waals surface area contributed by atoms with Gasteiger partial charge >= 0.3 is 0 Å². The molecular weight excluding hydrogens is 584 g/mol. The third kappa shape index (κ3) is 13.2. The Morgan fingerprint density at radius 2 is 1.62 bits per heavy atom. The Morgan fingerprint density at radius 3 is 2.11 bits per heavy atom. The fraction of sp³-hybridized carbons (Fsp3) is 0.561. The summed E-state index contributed by atoms with van der Waals surface area (Å²) in [6.07, 6.45) is 15.4. The molecule has 0 amide bonds. The average molecular weight is 651 g/mol. The first-order valence-electron chi connectivity index (χ1n) is 18.0. The maximum Gasteiger partial charge on any atom is 0.271 e. The smallest absolute Gasteiger partial charge is 0.271 e. The van der Waals surface area contributed by atoms with Gasteiger partial charge in [-0.1, -0.05) is 120 Å². The zero-order valence-electron chi connectivity index (χ0n) is 31.8. The van der Waals surface area contributed by atoms with E-state index in [1.54, 1.807) is 13.3 Å². The monoisotopic (exact) mass is 651 g/mol. The van der Waals surface area contributed by atoms with Crippen LogP contribution in [0, 0.1) is 17.8 Å². The number of hydrogen-bond acceptors (Lipinski definition) is 4. The Kier molecular flexibility index (Phi) is 22.8. The second-order valence-electron chi connectivity index (χ2n) is 11.5. The molecule has 1 aromatic heterocycles. The molecule has 264 valence electrons. The van der Waals surface area contributed by atoms with Crippen molar-refractivity contribution in [3.05, 3.63) is 87.4 Å². The van der Waals surface area contributed by atoms with Gasteiger partial charge < -0.3 is 14.6 Å². The predicted molar refractivity (Wildman–Crippen MR) is 202 cm³/mol. The zero-order valence-corrected chi connectivity index (χ0v) is 31.8. The van der Waals surface area contributed by atoms with E-state index in [-0.39, 0.29) is 29.1 Å². The highest BCUT2D eigenvalue weighted by Crippen LogP contribution is 2.35. The first kappa shape index (κ1) is 43.5. The predicted octanol–water partition coefficient (Wildman–Crippen LogP) is 11.1. The van der Waals surface area contributed by atoms with E-state index in [2.05, 4.69) is 58.3 Å². The van der Waals surface area contributed by atoms with Crippen molar-refractivity contribution in [1.82, 2.24) is 10.2 Å². The van der Waals surface area contributed by atoms with Crippen LogP contribution in [0.3, 0.4) is 0 Å². The minimum atomic E-state index is -0.315. The van der Waals surface area contributed by atoms with Crippen LogP contribution in [0.1, 0.15) is 126 Å². The van der Waals surface area contributed by atoms with Crippen molar-refractivity contribution < 1.29 is 14.3 Å². The van der Waals surface area contributed by atoms with Crippen LogP contribution < -0.4 is 15.0 Å². The number of allylic oxidation sites excluding steroid dienone is 7. The Labute approximate surface area is 286 Å². The lowest BCUT2D eigenvalue weighted by Gasteiger charge is -2.27. The molecule has 6 heteroatoms. The number of ketones is 1. The van der Waals surface area contributed by atoms with Crippen LogP contribution in [0.15, 0.2) is 70.7 Å². The van der Waals surface area contributed by atoms with Crippen molar-refractivity contribution in [2.45, 2.75) is 121 Å². The number of methoxy groups -OCH3 is 1. The van der Waals surface area contributed by atoms with Crippen LogP contribution in [0.25, 0.3) is 5.57 Å². The molecule has 0 fully saturated rings. The quantitative estimate of drug-likeness (QED) is 0.121. The van der Waals surface area contributed by atoms with Crippen molar-refractivity contribution in [3.63, 3.8) is 0 Å². The van der Waals surface area contributed by atoms with Crippen molar-refractivity contribution in [2.24, 2.45) is 17.8 Å². The Hall–Kier alpha value is -3.54. The SMILES string of the molecule is C=C(C(=C\C=C(\c1c[nH][nH]c1=O)C(C)CC)/C(=C\C)C(=O)C1COc2ccc(OC)cc2C1)C(C)CC.CC.CC.CCCCCC. The van der Waals surface area contributed by atoms with Gasteiger partial charge in [0.2, 0.25) is 0 Å². The first-order valence-corrected chi connectivity index (χ1v) is 18.0. The number of H-pyrrole nitrogens is 2. The number of fused-ring (bicyclic) bond motifs is 1. The number of aromatic amines is 2.